The number of carbonyl (C=O) groups is 4. The minimum atomic E-state index is -1.13. The van der Waals surface area contributed by atoms with Crippen LogP contribution >= 0.6 is 11.6 Å². The Labute approximate surface area is 275 Å². The molecule has 2 aromatic carbocycles. The number of cyclic esters (lactones) is 2. The van der Waals surface area contributed by atoms with Crippen molar-refractivity contribution in [2.45, 2.75) is 77.4 Å². The van der Waals surface area contributed by atoms with E-state index in [2.05, 4.69) is 10.6 Å². The highest BCUT2D eigenvalue weighted by Crippen LogP contribution is 2.45. The Morgan fingerprint density at radius 2 is 1.74 bits per heavy atom. The van der Waals surface area contributed by atoms with E-state index >= 15 is 0 Å². The van der Waals surface area contributed by atoms with Gasteiger partial charge in [0.05, 0.1) is 24.2 Å². The summed E-state index contributed by atoms with van der Waals surface area (Å²) in [7, 11) is 1.51. The first-order valence-electron chi connectivity index (χ1n) is 15.6. The van der Waals surface area contributed by atoms with Gasteiger partial charge in [-0.25, -0.2) is 4.79 Å². The van der Waals surface area contributed by atoms with Gasteiger partial charge >= 0.3 is 11.9 Å². The molecule has 10 nitrogen and oxygen atoms in total. The van der Waals surface area contributed by atoms with E-state index < -0.39 is 47.9 Å². The van der Waals surface area contributed by atoms with Gasteiger partial charge in [0.1, 0.15) is 24.0 Å². The Balaban J connectivity index is 1.58. The predicted molar refractivity (Wildman–Crippen MR) is 172 cm³/mol. The van der Waals surface area contributed by atoms with E-state index in [0.29, 0.717) is 16.3 Å². The van der Waals surface area contributed by atoms with E-state index in [4.69, 9.17) is 30.5 Å². The van der Waals surface area contributed by atoms with Crippen LogP contribution in [0.5, 0.6) is 5.75 Å². The molecule has 4 rings (SSSR count). The van der Waals surface area contributed by atoms with Crippen LogP contribution in [-0.4, -0.2) is 61.8 Å². The van der Waals surface area contributed by atoms with Crippen molar-refractivity contribution in [2.24, 2.45) is 17.8 Å². The van der Waals surface area contributed by atoms with Crippen LogP contribution in [0.15, 0.2) is 60.7 Å². The first kappa shape index (κ1) is 35.0. The average molecular weight is 655 g/mol. The molecule has 11 heteroatoms. The Kier molecular flexibility index (Phi) is 12.2. The van der Waals surface area contributed by atoms with Crippen molar-refractivity contribution in [3.05, 3.63) is 76.8 Å². The van der Waals surface area contributed by atoms with Gasteiger partial charge in [-0.2, -0.15) is 0 Å². The number of hydrogen-bond donors (Lipinski definition) is 2. The van der Waals surface area contributed by atoms with E-state index in [1.54, 1.807) is 31.2 Å². The molecule has 2 aliphatic heterocycles. The van der Waals surface area contributed by atoms with Crippen LogP contribution in [-0.2, 0) is 39.8 Å². The van der Waals surface area contributed by atoms with Gasteiger partial charge < -0.3 is 29.6 Å². The van der Waals surface area contributed by atoms with Gasteiger partial charge in [0.15, 0.2) is 6.10 Å². The Morgan fingerprint density at radius 1 is 1.00 bits per heavy atom. The third-order valence-electron chi connectivity index (χ3n) is 8.14. The van der Waals surface area contributed by atoms with Crippen molar-refractivity contribution >= 4 is 35.4 Å². The highest BCUT2D eigenvalue weighted by Gasteiger charge is 2.47. The van der Waals surface area contributed by atoms with Gasteiger partial charge in [-0.05, 0) is 41.7 Å². The monoisotopic (exact) mass is 654 g/mol. The number of esters is 2. The number of ether oxygens (including phenoxy) is 4. The van der Waals surface area contributed by atoms with Crippen LogP contribution in [0.1, 0.15) is 57.8 Å². The molecular formula is C35H43ClN2O8. The second kappa shape index (κ2) is 16.1. The van der Waals surface area contributed by atoms with Crippen molar-refractivity contribution in [1.29, 1.82) is 0 Å². The number of nitrogens with one attached hydrogen (secondary N) is 2. The Hall–Kier alpha value is -3.89. The van der Waals surface area contributed by atoms with E-state index in [1.807, 2.05) is 51.1 Å². The average Bonchev–Trinajstić information content (AvgIpc) is 3.83. The topological polar surface area (TPSA) is 133 Å². The summed E-state index contributed by atoms with van der Waals surface area (Å²) in [5.41, 5.74) is 1.73. The van der Waals surface area contributed by atoms with Gasteiger partial charge in [0.25, 0.3) is 0 Å². The number of benzene rings is 2. The summed E-state index contributed by atoms with van der Waals surface area (Å²) in [6.07, 6.45) is 1.40. The maximum Gasteiger partial charge on any atom is 0.347 e. The molecule has 0 saturated carbocycles. The third kappa shape index (κ3) is 9.56. The van der Waals surface area contributed by atoms with E-state index in [-0.39, 0.29) is 49.9 Å². The first-order chi connectivity index (χ1) is 22.0. The summed E-state index contributed by atoms with van der Waals surface area (Å²) < 4.78 is 22.9. The summed E-state index contributed by atoms with van der Waals surface area (Å²) in [5.74, 6) is -2.78. The number of methoxy groups -OCH3 is 1. The zero-order valence-corrected chi connectivity index (χ0v) is 27.6. The molecule has 0 bridgehead atoms. The van der Waals surface area contributed by atoms with Crippen LogP contribution in [0.3, 0.4) is 0 Å². The van der Waals surface area contributed by atoms with E-state index in [1.165, 1.54) is 13.2 Å². The lowest BCUT2D eigenvalue weighted by molar-refractivity contribution is -0.176. The van der Waals surface area contributed by atoms with Crippen molar-refractivity contribution in [1.82, 2.24) is 10.6 Å². The fourth-order valence-electron chi connectivity index (χ4n) is 5.39. The number of rotatable bonds is 8. The smallest absolute Gasteiger partial charge is 0.347 e. The van der Waals surface area contributed by atoms with Crippen LogP contribution < -0.4 is 15.4 Å². The highest BCUT2D eigenvalue weighted by molar-refractivity contribution is 6.32. The Morgan fingerprint density at radius 3 is 2.41 bits per heavy atom. The lowest BCUT2D eigenvalue weighted by atomic mass is 9.93. The predicted octanol–water partition coefficient (Wildman–Crippen LogP) is 4.73. The summed E-state index contributed by atoms with van der Waals surface area (Å²) in [5, 5.41) is 5.86. The molecule has 2 aromatic rings. The molecule has 2 N–H and O–H groups in total. The van der Waals surface area contributed by atoms with Crippen molar-refractivity contribution < 1.29 is 38.1 Å². The number of halogens is 1. The quantitative estimate of drug-likeness (QED) is 0.308. The van der Waals surface area contributed by atoms with Crippen LogP contribution in [0.25, 0.3) is 0 Å². The lowest BCUT2D eigenvalue weighted by Gasteiger charge is -2.27. The summed E-state index contributed by atoms with van der Waals surface area (Å²) in [6, 6.07) is 13.9. The molecule has 0 spiro atoms. The summed E-state index contributed by atoms with van der Waals surface area (Å²) in [6.45, 7) is 7.31. The molecule has 248 valence electrons. The molecule has 0 aromatic heterocycles. The molecule has 2 heterocycles. The molecule has 1 fully saturated rings. The van der Waals surface area contributed by atoms with Gasteiger partial charge in [-0.1, -0.05) is 81.8 Å². The van der Waals surface area contributed by atoms with Gasteiger partial charge in [-0.15, -0.1) is 0 Å². The maximum absolute atomic E-state index is 13.5. The summed E-state index contributed by atoms with van der Waals surface area (Å²) in [4.78, 5) is 52.9. The fraction of sp³-hybridized carbons (Fsp3) is 0.486. The highest BCUT2D eigenvalue weighted by atomic mass is 35.5. The fourth-order valence-corrected chi connectivity index (χ4v) is 5.67. The number of carbonyl (C=O) groups excluding carboxylic acids is 4. The standard InChI is InChI=1S/C35H43ClN2O8/c1-20(2)16-29-35(42)44-27(22(4)31-32(46-31)24-10-7-6-8-11-24)12-9-13-30(39)38-26(33(40)37-19-21(3)34(41)45-29)18-23-14-15-28(43-5)25(36)17-23/h6-11,13-15,17,20-22,26-27,29,31-32H,12,16,18-19H2,1-5H3,(H,37,40)(H,38,39)/t21-,22+,26-,27?,29+,31?,32?/m1/s1. The molecule has 3 unspecified atom stereocenters. The van der Waals surface area contributed by atoms with Gasteiger partial charge in [0, 0.05) is 25.3 Å². The van der Waals surface area contributed by atoms with Crippen LogP contribution in [0.4, 0.5) is 0 Å². The Bertz CT molecular complexity index is 1410. The van der Waals surface area contributed by atoms with Crippen molar-refractivity contribution in [3.8, 4) is 5.75 Å². The molecular weight excluding hydrogens is 612 g/mol. The van der Waals surface area contributed by atoms with Crippen LogP contribution in [0.2, 0.25) is 5.02 Å². The van der Waals surface area contributed by atoms with Crippen LogP contribution in [0, 0.1) is 17.8 Å². The van der Waals surface area contributed by atoms with Gasteiger partial charge in [-0.3, -0.25) is 14.4 Å². The number of amides is 2. The molecule has 7 atom stereocenters. The zero-order valence-electron chi connectivity index (χ0n) is 26.9. The normalized spacial score (nSPS) is 26.8. The third-order valence-corrected chi connectivity index (χ3v) is 8.44. The van der Waals surface area contributed by atoms with Crippen molar-refractivity contribution in [2.75, 3.05) is 13.7 Å². The molecule has 1 saturated heterocycles. The lowest BCUT2D eigenvalue weighted by Crippen LogP contribution is -2.49. The first-order valence-corrected chi connectivity index (χ1v) is 16.0. The largest absolute Gasteiger partial charge is 0.495 e. The maximum atomic E-state index is 13.5. The van der Waals surface area contributed by atoms with E-state index in [0.717, 1.165) is 5.56 Å². The van der Waals surface area contributed by atoms with Crippen molar-refractivity contribution in [3.63, 3.8) is 0 Å². The minimum Gasteiger partial charge on any atom is -0.495 e. The molecule has 2 amide bonds. The minimum absolute atomic E-state index is 0.0341. The van der Waals surface area contributed by atoms with E-state index in [9.17, 15) is 19.2 Å². The molecule has 0 radical (unpaired) electrons. The SMILES string of the molecule is COc1ccc(C[C@H]2NC(=O)C=CCC([C@H](C)C3OC3c3ccccc3)OC(=O)[C@H](CC(C)C)OC(=O)[C@H](C)CNC2=O)cc1Cl. The number of epoxide rings is 1. The second-order valence-corrected chi connectivity index (χ2v) is 12.7. The second-order valence-electron chi connectivity index (χ2n) is 12.3. The molecule has 46 heavy (non-hydrogen) atoms. The molecule has 0 aliphatic carbocycles. The van der Waals surface area contributed by atoms with Gasteiger partial charge in [0.2, 0.25) is 11.8 Å². The molecule has 2 aliphatic rings. The number of hydrogen-bond acceptors (Lipinski definition) is 8. The zero-order chi connectivity index (χ0) is 33.4. The summed E-state index contributed by atoms with van der Waals surface area (Å²) >= 11 is 6.30.